The summed E-state index contributed by atoms with van der Waals surface area (Å²) in [6.45, 7) is 2.50. The first-order chi connectivity index (χ1) is 8.99. The van der Waals surface area contributed by atoms with E-state index in [9.17, 15) is 9.59 Å². The fraction of sp³-hybridized carbons (Fsp3) is 0.857. The summed E-state index contributed by atoms with van der Waals surface area (Å²) in [5.74, 6) is 0.0179. The zero-order chi connectivity index (χ0) is 13.9. The highest BCUT2D eigenvalue weighted by atomic mass is 16.4. The summed E-state index contributed by atoms with van der Waals surface area (Å²) in [5.41, 5.74) is -0.205. The lowest BCUT2D eigenvalue weighted by atomic mass is 9.66. The highest BCUT2D eigenvalue weighted by Crippen LogP contribution is 2.43. The van der Waals surface area contributed by atoms with Gasteiger partial charge in [0.2, 0.25) is 0 Å². The molecular formula is C14H24N2O3. The van der Waals surface area contributed by atoms with Gasteiger partial charge in [0.15, 0.2) is 0 Å². The maximum atomic E-state index is 11.8. The molecule has 2 saturated carbocycles. The number of hydrogen-bond acceptors (Lipinski definition) is 2. The fourth-order valence-corrected chi connectivity index (χ4v) is 2.87. The maximum Gasteiger partial charge on any atom is 0.315 e. The summed E-state index contributed by atoms with van der Waals surface area (Å²) >= 11 is 0. The lowest BCUT2D eigenvalue weighted by Gasteiger charge is -2.40. The predicted octanol–water partition coefficient (Wildman–Crippen LogP) is 2.12. The zero-order valence-electron chi connectivity index (χ0n) is 11.6. The minimum Gasteiger partial charge on any atom is -0.481 e. The molecule has 0 aromatic heterocycles. The Morgan fingerprint density at radius 1 is 1.37 bits per heavy atom. The largest absolute Gasteiger partial charge is 0.481 e. The Morgan fingerprint density at radius 3 is 2.53 bits per heavy atom. The van der Waals surface area contributed by atoms with E-state index in [1.54, 1.807) is 0 Å². The van der Waals surface area contributed by atoms with Crippen LogP contribution in [-0.2, 0) is 4.79 Å². The number of carbonyl (C=O) groups is 2. The van der Waals surface area contributed by atoms with Gasteiger partial charge in [-0.1, -0.05) is 19.3 Å². The molecule has 1 unspecified atom stereocenters. The van der Waals surface area contributed by atoms with E-state index in [0.717, 1.165) is 31.6 Å². The lowest BCUT2D eigenvalue weighted by molar-refractivity contribution is -0.141. The number of carboxylic acids is 1. The summed E-state index contributed by atoms with van der Waals surface area (Å²) in [7, 11) is 0. The van der Waals surface area contributed by atoms with Crippen molar-refractivity contribution in [3.8, 4) is 0 Å². The van der Waals surface area contributed by atoms with Crippen molar-refractivity contribution in [3.05, 3.63) is 0 Å². The fourth-order valence-electron chi connectivity index (χ4n) is 2.87. The van der Waals surface area contributed by atoms with E-state index < -0.39 is 5.97 Å². The van der Waals surface area contributed by atoms with Gasteiger partial charge in [0.25, 0.3) is 0 Å². The first-order valence-electron chi connectivity index (χ1n) is 7.25. The number of nitrogens with one attached hydrogen (secondary N) is 2. The molecule has 108 valence electrons. The van der Waals surface area contributed by atoms with Gasteiger partial charge in [0.1, 0.15) is 0 Å². The molecule has 5 heteroatoms. The van der Waals surface area contributed by atoms with E-state index in [1.807, 2.05) is 6.92 Å². The number of hydrogen-bond donors (Lipinski definition) is 3. The molecule has 2 aliphatic rings. The van der Waals surface area contributed by atoms with E-state index in [2.05, 4.69) is 10.6 Å². The van der Waals surface area contributed by atoms with Crippen LogP contribution < -0.4 is 10.6 Å². The van der Waals surface area contributed by atoms with Crippen LogP contribution in [0.15, 0.2) is 0 Å². The van der Waals surface area contributed by atoms with Crippen molar-refractivity contribution in [2.24, 2.45) is 11.3 Å². The third-order valence-electron chi connectivity index (χ3n) is 4.33. The molecule has 0 aromatic carbocycles. The van der Waals surface area contributed by atoms with Gasteiger partial charge in [-0.15, -0.1) is 0 Å². The van der Waals surface area contributed by atoms with Crippen LogP contribution in [0.3, 0.4) is 0 Å². The topological polar surface area (TPSA) is 78.4 Å². The average Bonchev–Trinajstić information content (AvgIpc) is 3.04. The Bertz CT molecular complexity index is 349. The van der Waals surface area contributed by atoms with Crippen molar-refractivity contribution in [1.29, 1.82) is 0 Å². The van der Waals surface area contributed by atoms with Gasteiger partial charge in [0, 0.05) is 12.6 Å². The molecule has 2 rings (SSSR count). The van der Waals surface area contributed by atoms with E-state index in [1.165, 1.54) is 12.8 Å². The standard InChI is InChI=1S/C14H24N2O3/c1-10(7-11-3-4-11)16-13(19)15-9-14(5-2-6-14)8-12(17)18/h10-11H,2-9H2,1H3,(H,17,18)(H2,15,16,19). The highest BCUT2D eigenvalue weighted by Gasteiger charge is 2.39. The Hall–Kier alpha value is -1.26. The van der Waals surface area contributed by atoms with E-state index >= 15 is 0 Å². The van der Waals surface area contributed by atoms with Crippen LogP contribution in [0.1, 0.15) is 51.9 Å². The molecule has 3 N–H and O–H groups in total. The second-order valence-corrected chi connectivity index (χ2v) is 6.33. The van der Waals surface area contributed by atoms with Crippen LogP contribution in [0.25, 0.3) is 0 Å². The summed E-state index contributed by atoms with van der Waals surface area (Å²) in [5, 5.41) is 14.7. The SMILES string of the molecule is CC(CC1CC1)NC(=O)NCC1(CC(=O)O)CCC1. The van der Waals surface area contributed by atoms with Crippen LogP contribution in [-0.4, -0.2) is 29.7 Å². The van der Waals surface area contributed by atoms with Gasteiger partial charge >= 0.3 is 12.0 Å². The number of aliphatic carboxylic acids is 1. The van der Waals surface area contributed by atoms with Crippen LogP contribution in [0.2, 0.25) is 0 Å². The molecule has 0 aromatic rings. The maximum absolute atomic E-state index is 11.8. The first kappa shape index (κ1) is 14.2. The smallest absolute Gasteiger partial charge is 0.315 e. The Balaban J connectivity index is 1.68. The van der Waals surface area contributed by atoms with Crippen LogP contribution in [0.4, 0.5) is 4.79 Å². The quantitative estimate of drug-likeness (QED) is 0.661. The summed E-state index contributed by atoms with van der Waals surface area (Å²) in [4.78, 5) is 22.6. The van der Waals surface area contributed by atoms with Crippen LogP contribution in [0.5, 0.6) is 0 Å². The number of urea groups is 1. The lowest BCUT2D eigenvalue weighted by Crippen LogP contribution is -2.48. The molecule has 0 radical (unpaired) electrons. The molecule has 0 aliphatic heterocycles. The third-order valence-corrected chi connectivity index (χ3v) is 4.33. The molecule has 5 nitrogen and oxygen atoms in total. The van der Waals surface area contributed by atoms with E-state index in [-0.39, 0.29) is 23.9 Å². The Kier molecular flexibility index (Phi) is 4.32. The van der Waals surface area contributed by atoms with Crippen LogP contribution >= 0.6 is 0 Å². The Morgan fingerprint density at radius 2 is 2.05 bits per heavy atom. The summed E-state index contributed by atoms with van der Waals surface area (Å²) in [6.07, 6.45) is 6.65. The summed E-state index contributed by atoms with van der Waals surface area (Å²) in [6, 6.07) is 0.0362. The molecule has 0 saturated heterocycles. The molecule has 0 heterocycles. The molecular weight excluding hydrogens is 244 g/mol. The van der Waals surface area contributed by atoms with Gasteiger partial charge in [-0.2, -0.15) is 0 Å². The van der Waals surface area contributed by atoms with Crippen molar-refractivity contribution in [2.75, 3.05) is 6.54 Å². The number of carbonyl (C=O) groups excluding carboxylic acids is 1. The molecule has 0 spiro atoms. The molecule has 2 fully saturated rings. The first-order valence-corrected chi connectivity index (χ1v) is 7.25. The summed E-state index contributed by atoms with van der Waals surface area (Å²) < 4.78 is 0. The molecule has 2 aliphatic carbocycles. The van der Waals surface area contributed by atoms with Gasteiger partial charge in [0.05, 0.1) is 6.42 Å². The van der Waals surface area contributed by atoms with Crippen LogP contribution in [0, 0.1) is 11.3 Å². The normalized spacial score (nSPS) is 22.2. The van der Waals surface area contributed by atoms with E-state index in [4.69, 9.17) is 5.11 Å². The second-order valence-electron chi connectivity index (χ2n) is 6.33. The Labute approximate surface area is 114 Å². The van der Waals surface area contributed by atoms with Crippen molar-refractivity contribution >= 4 is 12.0 Å². The number of rotatable bonds is 7. The predicted molar refractivity (Wildman–Crippen MR) is 71.9 cm³/mol. The van der Waals surface area contributed by atoms with Crippen molar-refractivity contribution < 1.29 is 14.7 Å². The van der Waals surface area contributed by atoms with Crippen molar-refractivity contribution in [3.63, 3.8) is 0 Å². The van der Waals surface area contributed by atoms with Crippen molar-refractivity contribution in [1.82, 2.24) is 10.6 Å². The van der Waals surface area contributed by atoms with Gasteiger partial charge in [-0.05, 0) is 37.5 Å². The third kappa shape index (κ3) is 4.40. The minimum atomic E-state index is -0.774. The highest BCUT2D eigenvalue weighted by molar-refractivity contribution is 5.74. The molecule has 0 bridgehead atoms. The monoisotopic (exact) mass is 268 g/mol. The number of carboxylic acid groups (broad SMARTS) is 1. The molecule has 2 amide bonds. The number of amides is 2. The zero-order valence-corrected chi connectivity index (χ0v) is 11.6. The van der Waals surface area contributed by atoms with Crippen molar-refractivity contribution in [2.45, 2.75) is 57.9 Å². The van der Waals surface area contributed by atoms with Gasteiger partial charge < -0.3 is 15.7 Å². The minimum absolute atomic E-state index is 0.158. The van der Waals surface area contributed by atoms with Gasteiger partial charge in [-0.3, -0.25) is 4.79 Å². The second kappa shape index (κ2) is 5.80. The van der Waals surface area contributed by atoms with Gasteiger partial charge in [-0.25, -0.2) is 4.79 Å². The molecule has 19 heavy (non-hydrogen) atoms. The molecule has 1 atom stereocenters. The van der Waals surface area contributed by atoms with E-state index in [0.29, 0.717) is 6.54 Å². The average molecular weight is 268 g/mol.